The molecule has 5 amide bonds. The van der Waals surface area contributed by atoms with Crippen LogP contribution in [0, 0.1) is 28.6 Å². The maximum absolute atomic E-state index is 14.2. The highest BCUT2D eigenvalue weighted by molar-refractivity contribution is 7.88. The molecule has 45 heavy (non-hydrogen) atoms. The fourth-order valence-electron chi connectivity index (χ4n) is 7.57. The number of carbonyl (C=O) groups is 5. The predicted molar refractivity (Wildman–Crippen MR) is 168 cm³/mol. The number of primary amides is 1. The van der Waals surface area contributed by atoms with Gasteiger partial charge in [-0.25, -0.2) is 13.2 Å². The first-order chi connectivity index (χ1) is 20.7. The zero-order chi connectivity index (χ0) is 33.7. The molecule has 254 valence electrons. The van der Waals surface area contributed by atoms with E-state index in [9.17, 15) is 32.4 Å². The Morgan fingerprint density at radius 1 is 1.02 bits per heavy atom. The van der Waals surface area contributed by atoms with Crippen LogP contribution in [0.3, 0.4) is 0 Å². The predicted octanol–water partition coefficient (Wildman–Crippen LogP) is 1.12. The van der Waals surface area contributed by atoms with Crippen molar-refractivity contribution in [3.63, 3.8) is 0 Å². The van der Waals surface area contributed by atoms with Gasteiger partial charge < -0.3 is 26.6 Å². The average Bonchev–Trinajstić information content (AvgIpc) is 3.80. The zero-order valence-electron chi connectivity index (χ0n) is 27.8. The summed E-state index contributed by atoms with van der Waals surface area (Å²) >= 11 is 0. The Morgan fingerprint density at radius 3 is 2.13 bits per heavy atom. The summed E-state index contributed by atoms with van der Waals surface area (Å²) in [5, 5.41) is 8.43. The van der Waals surface area contributed by atoms with Gasteiger partial charge in [-0.1, -0.05) is 66.7 Å². The summed E-state index contributed by atoms with van der Waals surface area (Å²) in [6.45, 7) is 9.97. The smallest absolute Gasteiger partial charge is 0.315 e. The molecule has 1 unspecified atom stereocenters. The molecule has 5 N–H and O–H groups in total. The molecule has 0 spiro atoms. The van der Waals surface area contributed by atoms with E-state index in [-0.39, 0.29) is 29.7 Å². The Bertz CT molecular complexity index is 1320. The summed E-state index contributed by atoms with van der Waals surface area (Å²) in [6.07, 6.45) is 7.22. The third-order valence-corrected chi connectivity index (χ3v) is 12.2. The number of sulfonamides is 1. The van der Waals surface area contributed by atoms with Gasteiger partial charge in [-0.15, -0.1) is 0 Å². The van der Waals surface area contributed by atoms with E-state index in [2.05, 4.69) is 16.0 Å². The van der Waals surface area contributed by atoms with Crippen LogP contribution in [0.25, 0.3) is 0 Å². The highest BCUT2D eigenvalue weighted by Gasteiger charge is 2.70. The molecule has 0 radical (unpaired) electrons. The molecule has 13 nitrogen and oxygen atoms in total. The number of urea groups is 1. The van der Waals surface area contributed by atoms with Gasteiger partial charge in [0, 0.05) is 20.1 Å². The van der Waals surface area contributed by atoms with Crippen molar-refractivity contribution >= 4 is 39.6 Å². The molecule has 5 atom stereocenters. The summed E-state index contributed by atoms with van der Waals surface area (Å²) in [5.41, 5.74) is 3.60. The van der Waals surface area contributed by atoms with Gasteiger partial charge in [-0.2, -0.15) is 4.31 Å². The first kappa shape index (κ1) is 35.1. The third kappa shape index (κ3) is 7.47. The molecule has 0 bridgehead atoms. The van der Waals surface area contributed by atoms with Gasteiger partial charge in [-0.05, 0) is 47.8 Å². The minimum absolute atomic E-state index is 0.0676. The van der Waals surface area contributed by atoms with E-state index < -0.39 is 68.6 Å². The Morgan fingerprint density at radius 2 is 1.62 bits per heavy atom. The maximum atomic E-state index is 14.2. The van der Waals surface area contributed by atoms with Crippen molar-refractivity contribution in [3.8, 4) is 0 Å². The lowest BCUT2D eigenvalue weighted by Gasteiger charge is -2.43. The van der Waals surface area contributed by atoms with Crippen molar-refractivity contribution < 1.29 is 32.4 Å². The first-order valence-corrected chi connectivity index (χ1v) is 18.0. The van der Waals surface area contributed by atoms with Crippen LogP contribution in [-0.2, 0) is 29.2 Å². The molecule has 3 saturated carbocycles. The van der Waals surface area contributed by atoms with E-state index in [1.807, 2.05) is 34.6 Å². The Hall–Kier alpha value is -2.74. The number of likely N-dealkylation sites (N-methyl/N-ethyl adjacent to an activating group) is 1. The number of nitrogens with one attached hydrogen (secondary N) is 3. The number of fused-ring (bicyclic) bond motifs is 1. The van der Waals surface area contributed by atoms with E-state index in [1.54, 1.807) is 7.05 Å². The van der Waals surface area contributed by atoms with Crippen LogP contribution in [-0.4, -0.2) is 97.2 Å². The van der Waals surface area contributed by atoms with Crippen LogP contribution in [0.1, 0.15) is 86.0 Å². The molecular formula is C31H52N6O7S. The number of hydrogen-bond donors (Lipinski definition) is 4. The number of Topliss-reactive ketones (excluding diaryl/α,β-unsaturated/α-hetero) is 1. The second-order valence-electron chi connectivity index (χ2n) is 15.5. The van der Waals surface area contributed by atoms with Crippen molar-refractivity contribution in [1.29, 1.82) is 0 Å². The number of hydrogen-bond acceptors (Lipinski definition) is 7. The van der Waals surface area contributed by atoms with Crippen LogP contribution in [0.2, 0.25) is 0 Å². The van der Waals surface area contributed by atoms with Crippen molar-refractivity contribution in [1.82, 2.24) is 25.2 Å². The minimum atomic E-state index is -3.51. The van der Waals surface area contributed by atoms with Crippen molar-refractivity contribution in [2.24, 2.45) is 34.3 Å². The normalized spacial score (nSPS) is 26.8. The average molecular weight is 653 g/mol. The highest BCUT2D eigenvalue weighted by atomic mass is 32.2. The Kier molecular flexibility index (Phi) is 9.72. The molecule has 1 aliphatic heterocycles. The molecule has 0 aromatic carbocycles. The molecule has 4 aliphatic rings. The maximum Gasteiger partial charge on any atom is 0.315 e. The lowest BCUT2D eigenvalue weighted by Crippen LogP contribution is -2.62. The van der Waals surface area contributed by atoms with Gasteiger partial charge in [0.2, 0.25) is 27.6 Å². The van der Waals surface area contributed by atoms with E-state index in [0.29, 0.717) is 25.8 Å². The SMILES string of the molecule is CN(C1(CNC(=O)N[C@H](C(=O)N2C[C@H]3[C@@H]([C@H]2C(=O)NC(CC2CC2)C(=O)C(N)=O)C3(C)C)C(C)(C)C)CCCCC1)S(C)(=O)=O. The van der Waals surface area contributed by atoms with Crippen LogP contribution in [0.5, 0.6) is 0 Å². The quantitative estimate of drug-likeness (QED) is 0.227. The summed E-state index contributed by atoms with van der Waals surface area (Å²) in [5.74, 6) is -2.70. The number of carbonyl (C=O) groups excluding carboxylic acids is 5. The van der Waals surface area contributed by atoms with Gasteiger partial charge in [0.25, 0.3) is 5.91 Å². The van der Waals surface area contributed by atoms with Crippen molar-refractivity contribution in [2.75, 3.05) is 26.4 Å². The second-order valence-corrected chi connectivity index (χ2v) is 17.5. The number of rotatable bonds is 12. The topological polar surface area (TPSA) is 188 Å². The fourth-order valence-corrected chi connectivity index (χ4v) is 8.52. The Balaban J connectivity index is 1.50. The van der Waals surface area contributed by atoms with Crippen molar-refractivity contribution in [2.45, 2.75) is 110 Å². The molecule has 4 fully saturated rings. The first-order valence-electron chi connectivity index (χ1n) is 16.1. The molecule has 0 aromatic heterocycles. The largest absolute Gasteiger partial charge is 0.363 e. The van der Waals surface area contributed by atoms with Gasteiger partial charge in [0.1, 0.15) is 12.1 Å². The zero-order valence-corrected chi connectivity index (χ0v) is 28.6. The molecule has 1 saturated heterocycles. The minimum Gasteiger partial charge on any atom is -0.363 e. The number of nitrogens with zero attached hydrogens (tertiary/aromatic N) is 2. The summed E-state index contributed by atoms with van der Waals surface area (Å²) in [7, 11) is -1.97. The number of nitrogens with two attached hydrogens (primary N) is 1. The number of ketones is 1. The summed E-state index contributed by atoms with van der Waals surface area (Å²) < 4.78 is 26.3. The summed E-state index contributed by atoms with van der Waals surface area (Å²) in [4.78, 5) is 67.2. The highest BCUT2D eigenvalue weighted by Crippen LogP contribution is 2.65. The molecule has 0 aromatic rings. The van der Waals surface area contributed by atoms with Crippen molar-refractivity contribution in [3.05, 3.63) is 0 Å². The number of amides is 5. The third-order valence-electron chi connectivity index (χ3n) is 10.8. The monoisotopic (exact) mass is 652 g/mol. The number of likely N-dealkylation sites (tertiary alicyclic amines) is 1. The van der Waals surface area contributed by atoms with Crippen LogP contribution in [0.4, 0.5) is 4.79 Å². The molecule has 4 rings (SSSR count). The lowest BCUT2D eigenvalue weighted by atomic mass is 9.81. The Labute approximate surface area is 267 Å². The second kappa shape index (κ2) is 12.5. The van der Waals surface area contributed by atoms with E-state index in [4.69, 9.17) is 5.73 Å². The van der Waals surface area contributed by atoms with Gasteiger partial charge >= 0.3 is 6.03 Å². The molecule has 3 aliphatic carbocycles. The summed E-state index contributed by atoms with van der Waals surface area (Å²) in [6, 6.07) is -3.52. The number of piperidine rings is 1. The van der Waals surface area contributed by atoms with Crippen LogP contribution >= 0.6 is 0 Å². The van der Waals surface area contributed by atoms with Crippen LogP contribution in [0.15, 0.2) is 0 Å². The van der Waals surface area contributed by atoms with E-state index >= 15 is 0 Å². The van der Waals surface area contributed by atoms with E-state index in [0.717, 1.165) is 38.4 Å². The lowest BCUT2D eigenvalue weighted by molar-refractivity contribution is -0.145. The van der Waals surface area contributed by atoms with Crippen LogP contribution < -0.4 is 21.7 Å². The molecular weight excluding hydrogens is 600 g/mol. The molecule has 1 heterocycles. The standard InChI is InChI=1S/C31H52N6O7S/c1-29(2,3)24(35-28(42)33-17-31(13-9-8-10-14-31)36(6)45(7,43)44)27(41)37-16-19-21(30(19,4)5)22(37)26(40)34-20(15-18-11-12-18)23(38)25(32)39/h18-22,24H,8-17H2,1-7H3,(H2,32,39)(H,34,40)(H2,33,35,42)/t19-,20?,21-,22-,24+/m0/s1. The van der Waals surface area contributed by atoms with Gasteiger partial charge in [0.15, 0.2) is 0 Å². The fraction of sp³-hybridized carbons (Fsp3) is 0.839. The van der Waals surface area contributed by atoms with Gasteiger partial charge in [-0.3, -0.25) is 19.2 Å². The van der Waals surface area contributed by atoms with Gasteiger partial charge in [0.05, 0.1) is 17.8 Å². The molecule has 14 heteroatoms. The van der Waals surface area contributed by atoms with E-state index in [1.165, 1.54) is 9.21 Å².